The van der Waals surface area contributed by atoms with E-state index < -0.39 is 5.60 Å². The van der Waals surface area contributed by atoms with Crippen LogP contribution in [0, 0.1) is 23.2 Å². The first kappa shape index (κ1) is 23.0. The second-order valence-corrected chi connectivity index (χ2v) is 11.3. The van der Waals surface area contributed by atoms with Gasteiger partial charge in [0.1, 0.15) is 0 Å². The Kier molecular flexibility index (Phi) is 7.34. The van der Waals surface area contributed by atoms with E-state index in [4.69, 9.17) is 0 Å². The lowest BCUT2D eigenvalue weighted by atomic mass is 9.60. The molecule has 0 aromatic rings. The van der Waals surface area contributed by atoms with Gasteiger partial charge in [-0.15, -0.1) is 0 Å². The predicted molar refractivity (Wildman–Crippen MR) is 120 cm³/mol. The number of aliphatic hydroxyl groups is 3. The lowest BCUT2D eigenvalue weighted by Crippen LogP contribution is -2.36. The van der Waals surface area contributed by atoms with Crippen LogP contribution in [0.3, 0.4) is 0 Å². The zero-order chi connectivity index (χ0) is 21.2. The van der Waals surface area contributed by atoms with E-state index in [0.717, 1.165) is 18.8 Å². The molecule has 3 fully saturated rings. The summed E-state index contributed by atoms with van der Waals surface area (Å²) in [5.74, 6) is 2.19. The highest BCUT2D eigenvalue weighted by Crippen LogP contribution is 2.59. The minimum absolute atomic E-state index is 0.388. The molecule has 166 valence electrons. The van der Waals surface area contributed by atoms with Crippen molar-refractivity contribution in [2.24, 2.45) is 23.2 Å². The van der Waals surface area contributed by atoms with Crippen molar-refractivity contribution in [3.05, 3.63) is 23.3 Å². The number of aliphatic hydroxyl groups excluding tert-OH is 2. The van der Waals surface area contributed by atoms with Crippen molar-refractivity contribution in [2.45, 2.75) is 116 Å². The highest BCUT2D eigenvalue weighted by atomic mass is 16.3. The molecule has 29 heavy (non-hydrogen) atoms. The SMILES string of the molecule is C[C@@H](CCCC(C)(C)O)[C@H]1CC[C@H]2/C(=C/C=C3C[C@@H](O)C[C@H](O)C3)CCC[C@]12C. The second kappa shape index (κ2) is 9.24. The molecule has 3 N–H and O–H groups in total. The van der Waals surface area contributed by atoms with E-state index >= 15 is 0 Å². The minimum Gasteiger partial charge on any atom is -0.393 e. The Bertz CT molecular complexity index is 602. The van der Waals surface area contributed by atoms with Gasteiger partial charge in [-0.05, 0) is 94.8 Å². The summed E-state index contributed by atoms with van der Waals surface area (Å²) in [6, 6.07) is 0. The van der Waals surface area contributed by atoms with Gasteiger partial charge in [0, 0.05) is 0 Å². The minimum atomic E-state index is -0.545. The van der Waals surface area contributed by atoms with E-state index in [9.17, 15) is 15.3 Å². The molecule has 3 heteroatoms. The monoisotopic (exact) mass is 404 g/mol. The maximum absolute atomic E-state index is 10.0. The maximum atomic E-state index is 10.0. The molecule has 0 radical (unpaired) electrons. The van der Waals surface area contributed by atoms with Crippen molar-refractivity contribution >= 4 is 0 Å². The third-order valence-electron chi connectivity index (χ3n) is 8.25. The molecule has 0 aliphatic heterocycles. The van der Waals surface area contributed by atoms with Crippen LogP contribution in [0.4, 0.5) is 0 Å². The summed E-state index contributed by atoms with van der Waals surface area (Å²) in [6.07, 6.45) is 15.4. The summed E-state index contributed by atoms with van der Waals surface area (Å²) in [5, 5.41) is 29.9. The fourth-order valence-electron chi connectivity index (χ4n) is 6.80. The fraction of sp³-hybridized carbons (Fsp3) is 0.846. The molecule has 3 nitrogen and oxygen atoms in total. The van der Waals surface area contributed by atoms with Gasteiger partial charge in [0.05, 0.1) is 17.8 Å². The van der Waals surface area contributed by atoms with Crippen LogP contribution in [0.1, 0.15) is 98.3 Å². The molecular weight excluding hydrogens is 360 g/mol. The van der Waals surface area contributed by atoms with Gasteiger partial charge < -0.3 is 15.3 Å². The Labute approximate surface area is 178 Å². The van der Waals surface area contributed by atoms with Gasteiger partial charge in [-0.1, -0.05) is 50.0 Å². The quantitative estimate of drug-likeness (QED) is 0.545. The molecule has 3 rings (SSSR count). The zero-order valence-electron chi connectivity index (χ0n) is 19.2. The van der Waals surface area contributed by atoms with Crippen LogP contribution in [0.5, 0.6) is 0 Å². The van der Waals surface area contributed by atoms with Crippen molar-refractivity contribution in [3.8, 4) is 0 Å². The van der Waals surface area contributed by atoms with Crippen LogP contribution >= 0.6 is 0 Å². The molecule has 0 aromatic carbocycles. The lowest BCUT2D eigenvalue weighted by molar-refractivity contribution is 0.0591. The third kappa shape index (κ3) is 5.74. The number of fused-ring (bicyclic) bond motifs is 1. The average Bonchev–Trinajstić information content (AvgIpc) is 2.95. The van der Waals surface area contributed by atoms with Crippen molar-refractivity contribution in [1.82, 2.24) is 0 Å². The zero-order valence-corrected chi connectivity index (χ0v) is 19.2. The standard InChI is InChI=1S/C26H44O3/c1-18(7-5-13-25(2,3)29)23-11-12-24-20(8-6-14-26(23,24)4)10-9-19-15-21(27)17-22(28)16-19/h9-10,18,21-24,27-29H,5-8,11-17H2,1-4H3/b20-10+/t18-,21+,22+,23+,24-,26+/m0/s1. The van der Waals surface area contributed by atoms with Crippen LogP contribution in [0.25, 0.3) is 0 Å². The molecule has 0 aromatic heterocycles. The molecule has 0 bridgehead atoms. The molecule has 0 saturated heterocycles. The van der Waals surface area contributed by atoms with Crippen molar-refractivity contribution in [3.63, 3.8) is 0 Å². The van der Waals surface area contributed by atoms with Gasteiger partial charge in [0.2, 0.25) is 0 Å². The summed E-state index contributed by atoms with van der Waals surface area (Å²) in [6.45, 7) is 8.81. The molecule has 3 saturated carbocycles. The molecular formula is C26H44O3. The van der Waals surface area contributed by atoms with Crippen LogP contribution in [0.2, 0.25) is 0 Å². The van der Waals surface area contributed by atoms with Crippen LogP contribution < -0.4 is 0 Å². The summed E-state index contributed by atoms with van der Waals surface area (Å²) in [5.41, 5.74) is 2.66. The van der Waals surface area contributed by atoms with Gasteiger partial charge >= 0.3 is 0 Å². The van der Waals surface area contributed by atoms with Crippen molar-refractivity contribution in [1.29, 1.82) is 0 Å². The fourth-order valence-corrected chi connectivity index (χ4v) is 6.80. The Morgan fingerprint density at radius 1 is 1.14 bits per heavy atom. The predicted octanol–water partition coefficient (Wildman–Crippen LogP) is 5.54. The Balaban J connectivity index is 1.66. The van der Waals surface area contributed by atoms with E-state index in [0.29, 0.717) is 36.5 Å². The normalized spacial score (nSPS) is 38.2. The summed E-state index contributed by atoms with van der Waals surface area (Å²) >= 11 is 0. The largest absolute Gasteiger partial charge is 0.393 e. The molecule has 0 spiro atoms. The molecule has 0 heterocycles. The number of hydrogen-bond acceptors (Lipinski definition) is 3. The van der Waals surface area contributed by atoms with Gasteiger partial charge in [-0.25, -0.2) is 0 Å². The van der Waals surface area contributed by atoms with Crippen molar-refractivity contribution in [2.75, 3.05) is 0 Å². The topological polar surface area (TPSA) is 60.7 Å². The first-order valence-corrected chi connectivity index (χ1v) is 12.1. The van der Waals surface area contributed by atoms with Gasteiger partial charge in [-0.3, -0.25) is 0 Å². The van der Waals surface area contributed by atoms with Crippen LogP contribution in [-0.2, 0) is 0 Å². The second-order valence-electron chi connectivity index (χ2n) is 11.3. The van der Waals surface area contributed by atoms with E-state index in [1.807, 2.05) is 13.8 Å². The molecule has 6 atom stereocenters. The highest BCUT2D eigenvalue weighted by Gasteiger charge is 2.50. The Hall–Kier alpha value is -0.640. The Morgan fingerprint density at radius 3 is 2.48 bits per heavy atom. The summed E-state index contributed by atoms with van der Waals surface area (Å²) < 4.78 is 0. The van der Waals surface area contributed by atoms with E-state index in [1.165, 1.54) is 44.1 Å². The maximum Gasteiger partial charge on any atom is 0.0602 e. The van der Waals surface area contributed by atoms with E-state index in [2.05, 4.69) is 26.0 Å². The van der Waals surface area contributed by atoms with Crippen LogP contribution in [-0.4, -0.2) is 33.1 Å². The Morgan fingerprint density at radius 2 is 1.83 bits per heavy atom. The average molecular weight is 405 g/mol. The summed E-state index contributed by atoms with van der Waals surface area (Å²) in [4.78, 5) is 0. The molecule has 0 unspecified atom stereocenters. The van der Waals surface area contributed by atoms with Gasteiger partial charge in [0.25, 0.3) is 0 Å². The molecule has 3 aliphatic rings. The molecule has 0 amide bonds. The molecule has 3 aliphatic carbocycles. The number of hydrogen-bond donors (Lipinski definition) is 3. The van der Waals surface area contributed by atoms with Gasteiger partial charge in [0.15, 0.2) is 0 Å². The van der Waals surface area contributed by atoms with Crippen LogP contribution in [0.15, 0.2) is 23.3 Å². The lowest BCUT2D eigenvalue weighted by Gasteiger charge is -2.44. The summed E-state index contributed by atoms with van der Waals surface area (Å²) in [7, 11) is 0. The number of rotatable bonds is 6. The third-order valence-corrected chi connectivity index (χ3v) is 8.25. The van der Waals surface area contributed by atoms with Crippen molar-refractivity contribution < 1.29 is 15.3 Å². The van der Waals surface area contributed by atoms with Gasteiger partial charge in [-0.2, -0.15) is 0 Å². The van der Waals surface area contributed by atoms with E-state index in [1.54, 1.807) is 5.57 Å². The van der Waals surface area contributed by atoms with E-state index in [-0.39, 0.29) is 12.2 Å². The number of allylic oxidation sites excluding steroid dienone is 3. The smallest absolute Gasteiger partial charge is 0.0602 e. The first-order chi connectivity index (χ1) is 13.6. The first-order valence-electron chi connectivity index (χ1n) is 12.1. The highest BCUT2D eigenvalue weighted by molar-refractivity contribution is 5.26.